The topological polar surface area (TPSA) is 72.6 Å². The van der Waals surface area contributed by atoms with Gasteiger partial charge in [-0.3, -0.25) is 0 Å². The molecule has 1 saturated heterocycles. The molecule has 1 atom stereocenters. The lowest BCUT2D eigenvalue weighted by molar-refractivity contribution is 0.177. The van der Waals surface area contributed by atoms with Gasteiger partial charge in [-0.2, -0.15) is 0 Å². The van der Waals surface area contributed by atoms with Crippen molar-refractivity contribution in [1.29, 1.82) is 0 Å². The Kier molecular flexibility index (Phi) is 4.49. The molecule has 0 spiro atoms. The molecule has 0 bridgehead atoms. The molecule has 1 fully saturated rings. The molecule has 1 aliphatic rings. The number of halogens is 1. The van der Waals surface area contributed by atoms with Gasteiger partial charge in [0, 0.05) is 19.0 Å². The number of sulfonamides is 1. The lowest BCUT2D eigenvalue weighted by atomic mass is 10.0. The molecule has 2 rings (SSSR count). The minimum absolute atomic E-state index is 0.0454. The van der Waals surface area contributed by atoms with Crippen molar-refractivity contribution in [2.45, 2.75) is 12.8 Å². The summed E-state index contributed by atoms with van der Waals surface area (Å²) in [6, 6.07) is 4.38. The lowest BCUT2D eigenvalue weighted by Crippen LogP contribution is -2.41. The predicted octanol–water partition coefficient (Wildman–Crippen LogP) is 1.46. The summed E-state index contributed by atoms with van der Waals surface area (Å²) in [5.41, 5.74) is 5.91. The highest BCUT2D eigenvalue weighted by molar-refractivity contribution is 7.88. The van der Waals surface area contributed by atoms with E-state index in [2.05, 4.69) is 0 Å². The molecular weight excluding hydrogens is 283 g/mol. The SMILES string of the molecule is CS(=O)(=O)N1CCCC(COc2c(N)cccc2F)C1. The van der Waals surface area contributed by atoms with Gasteiger partial charge in [0.15, 0.2) is 11.6 Å². The van der Waals surface area contributed by atoms with Crippen molar-refractivity contribution in [1.82, 2.24) is 4.31 Å². The normalized spacial score (nSPS) is 20.8. The quantitative estimate of drug-likeness (QED) is 0.855. The average molecular weight is 302 g/mol. The zero-order valence-electron chi connectivity index (χ0n) is 11.4. The molecule has 0 amide bonds. The van der Waals surface area contributed by atoms with E-state index in [-0.39, 0.29) is 24.0 Å². The van der Waals surface area contributed by atoms with Crippen molar-refractivity contribution in [3.05, 3.63) is 24.0 Å². The highest BCUT2D eigenvalue weighted by atomic mass is 32.2. The molecule has 20 heavy (non-hydrogen) atoms. The summed E-state index contributed by atoms with van der Waals surface area (Å²) in [6.07, 6.45) is 2.85. The van der Waals surface area contributed by atoms with Crippen LogP contribution >= 0.6 is 0 Å². The number of ether oxygens (including phenoxy) is 1. The van der Waals surface area contributed by atoms with Crippen LogP contribution in [0.15, 0.2) is 18.2 Å². The minimum atomic E-state index is -3.18. The third-order valence-electron chi connectivity index (χ3n) is 3.41. The number of rotatable bonds is 4. The number of piperidine rings is 1. The maximum Gasteiger partial charge on any atom is 0.211 e. The molecule has 5 nitrogen and oxygen atoms in total. The molecule has 0 saturated carbocycles. The fourth-order valence-corrected chi connectivity index (χ4v) is 3.29. The van der Waals surface area contributed by atoms with Gasteiger partial charge in [0.2, 0.25) is 10.0 Å². The number of hydrogen-bond donors (Lipinski definition) is 1. The Morgan fingerprint density at radius 2 is 2.25 bits per heavy atom. The van der Waals surface area contributed by atoms with Gasteiger partial charge in [-0.1, -0.05) is 6.07 Å². The molecule has 1 aromatic carbocycles. The standard InChI is InChI=1S/C13H19FN2O3S/c1-20(17,18)16-7-3-4-10(8-16)9-19-13-11(14)5-2-6-12(13)15/h2,5-6,10H,3-4,7-9,15H2,1H3. The second-order valence-electron chi connectivity index (χ2n) is 5.10. The van der Waals surface area contributed by atoms with Gasteiger partial charge in [-0.25, -0.2) is 17.1 Å². The Labute approximate surface area is 118 Å². The summed E-state index contributed by atoms with van der Waals surface area (Å²) >= 11 is 0. The molecule has 112 valence electrons. The summed E-state index contributed by atoms with van der Waals surface area (Å²) in [5, 5.41) is 0. The summed E-state index contributed by atoms with van der Waals surface area (Å²) in [5.74, 6) is -0.401. The maximum atomic E-state index is 13.6. The lowest BCUT2D eigenvalue weighted by Gasteiger charge is -2.30. The number of nitrogens with zero attached hydrogens (tertiary/aromatic N) is 1. The Balaban J connectivity index is 1.97. The van der Waals surface area contributed by atoms with Gasteiger partial charge in [-0.05, 0) is 25.0 Å². The Hall–Kier alpha value is -1.34. The fourth-order valence-electron chi connectivity index (χ4n) is 2.34. The first kappa shape index (κ1) is 15.1. The van der Waals surface area contributed by atoms with E-state index in [1.54, 1.807) is 6.07 Å². The number of nitrogen functional groups attached to an aromatic ring is 1. The van der Waals surface area contributed by atoms with Crippen LogP contribution in [0, 0.1) is 11.7 Å². The first-order valence-electron chi connectivity index (χ1n) is 6.50. The molecule has 1 unspecified atom stereocenters. The van der Waals surface area contributed by atoms with Crippen molar-refractivity contribution in [3.8, 4) is 5.75 Å². The van der Waals surface area contributed by atoms with Crippen LogP contribution in [0.5, 0.6) is 5.75 Å². The van der Waals surface area contributed by atoms with E-state index >= 15 is 0 Å². The van der Waals surface area contributed by atoms with E-state index in [1.807, 2.05) is 0 Å². The number of hydrogen-bond acceptors (Lipinski definition) is 4. The van der Waals surface area contributed by atoms with E-state index in [9.17, 15) is 12.8 Å². The number of para-hydroxylation sites is 1. The largest absolute Gasteiger partial charge is 0.488 e. The van der Waals surface area contributed by atoms with E-state index in [0.29, 0.717) is 13.1 Å². The van der Waals surface area contributed by atoms with Crippen LogP contribution in [0.3, 0.4) is 0 Å². The number of anilines is 1. The van der Waals surface area contributed by atoms with Crippen LogP contribution in [-0.4, -0.2) is 38.7 Å². The monoisotopic (exact) mass is 302 g/mol. The van der Waals surface area contributed by atoms with Crippen LogP contribution in [0.25, 0.3) is 0 Å². The van der Waals surface area contributed by atoms with Gasteiger partial charge in [0.25, 0.3) is 0 Å². The fraction of sp³-hybridized carbons (Fsp3) is 0.538. The predicted molar refractivity (Wildman–Crippen MR) is 75.4 cm³/mol. The van der Waals surface area contributed by atoms with Crippen molar-refractivity contribution in [2.75, 3.05) is 31.7 Å². The molecular formula is C13H19FN2O3S. The molecule has 0 aliphatic carbocycles. The third-order valence-corrected chi connectivity index (χ3v) is 4.68. The van der Waals surface area contributed by atoms with E-state index in [4.69, 9.17) is 10.5 Å². The highest BCUT2D eigenvalue weighted by Gasteiger charge is 2.26. The molecule has 1 heterocycles. The second-order valence-corrected chi connectivity index (χ2v) is 7.08. The van der Waals surface area contributed by atoms with Crippen LogP contribution < -0.4 is 10.5 Å². The van der Waals surface area contributed by atoms with Gasteiger partial charge in [-0.15, -0.1) is 0 Å². The molecule has 0 aromatic heterocycles. The van der Waals surface area contributed by atoms with E-state index < -0.39 is 15.8 Å². The molecule has 2 N–H and O–H groups in total. The molecule has 0 radical (unpaired) electrons. The van der Waals surface area contributed by atoms with Crippen molar-refractivity contribution in [2.24, 2.45) is 5.92 Å². The Bertz CT molecular complexity index is 557. The first-order valence-corrected chi connectivity index (χ1v) is 8.34. The van der Waals surface area contributed by atoms with E-state index in [1.165, 1.54) is 22.7 Å². The van der Waals surface area contributed by atoms with Gasteiger partial charge in [0.05, 0.1) is 18.6 Å². The minimum Gasteiger partial charge on any atom is -0.488 e. The van der Waals surface area contributed by atoms with Crippen LogP contribution in [0.2, 0.25) is 0 Å². The van der Waals surface area contributed by atoms with Gasteiger partial charge >= 0.3 is 0 Å². The number of benzene rings is 1. The zero-order valence-corrected chi connectivity index (χ0v) is 12.2. The van der Waals surface area contributed by atoms with Gasteiger partial charge in [0.1, 0.15) is 0 Å². The number of nitrogens with two attached hydrogens (primary N) is 1. The second kappa shape index (κ2) is 5.97. The summed E-state index contributed by atoms with van der Waals surface area (Å²) in [6.45, 7) is 1.21. The van der Waals surface area contributed by atoms with Crippen molar-refractivity contribution < 1.29 is 17.5 Å². The summed E-state index contributed by atoms with van der Waals surface area (Å²) < 4.78 is 43.5. The summed E-state index contributed by atoms with van der Waals surface area (Å²) in [7, 11) is -3.18. The third kappa shape index (κ3) is 3.61. The van der Waals surface area contributed by atoms with Crippen LogP contribution in [-0.2, 0) is 10.0 Å². The van der Waals surface area contributed by atoms with E-state index in [0.717, 1.165) is 12.8 Å². The van der Waals surface area contributed by atoms with Crippen molar-refractivity contribution >= 4 is 15.7 Å². The first-order chi connectivity index (χ1) is 9.38. The van der Waals surface area contributed by atoms with Gasteiger partial charge < -0.3 is 10.5 Å². The summed E-state index contributed by atoms with van der Waals surface area (Å²) in [4.78, 5) is 0. The maximum absolute atomic E-state index is 13.6. The van der Waals surface area contributed by atoms with Crippen LogP contribution in [0.1, 0.15) is 12.8 Å². The smallest absolute Gasteiger partial charge is 0.211 e. The Morgan fingerprint density at radius 1 is 1.50 bits per heavy atom. The average Bonchev–Trinajstić information content (AvgIpc) is 2.37. The highest BCUT2D eigenvalue weighted by Crippen LogP contribution is 2.26. The molecule has 1 aromatic rings. The van der Waals surface area contributed by atoms with Crippen molar-refractivity contribution in [3.63, 3.8) is 0 Å². The molecule has 1 aliphatic heterocycles. The Morgan fingerprint density at radius 3 is 2.90 bits per heavy atom. The molecule has 7 heteroatoms. The van der Waals surface area contributed by atoms with Crippen LogP contribution in [0.4, 0.5) is 10.1 Å². The zero-order chi connectivity index (χ0) is 14.8.